The Morgan fingerprint density at radius 2 is 1.76 bits per heavy atom. The van der Waals surface area contributed by atoms with Gasteiger partial charge in [-0.1, -0.05) is 18.2 Å². The number of rotatable bonds is 7. The number of likely N-dealkylation sites (N-methyl/N-ethyl adjacent to an activating group) is 1. The van der Waals surface area contributed by atoms with Gasteiger partial charge in [-0.2, -0.15) is 0 Å². The lowest BCUT2D eigenvalue weighted by molar-refractivity contribution is -0.142. The summed E-state index contributed by atoms with van der Waals surface area (Å²) in [4.78, 5) is 27.1. The predicted octanol–water partition coefficient (Wildman–Crippen LogP) is 5.50. The lowest BCUT2D eigenvalue weighted by Gasteiger charge is -2.33. The lowest BCUT2D eigenvalue weighted by Crippen LogP contribution is -2.41. The van der Waals surface area contributed by atoms with Crippen LogP contribution in [0, 0.1) is 20.8 Å². The van der Waals surface area contributed by atoms with E-state index in [2.05, 4.69) is 10.2 Å². The third-order valence-electron chi connectivity index (χ3n) is 6.81. The van der Waals surface area contributed by atoms with Crippen LogP contribution in [0.4, 0.5) is 11.4 Å². The summed E-state index contributed by atoms with van der Waals surface area (Å²) < 4.78 is 12.2. The van der Waals surface area contributed by atoms with Crippen molar-refractivity contribution in [1.29, 1.82) is 0 Å². The number of carboxylic acids is 1. The van der Waals surface area contributed by atoms with Gasteiger partial charge >= 0.3 is 5.97 Å². The molecular weight excluding hydrogens is 468 g/mol. The first-order chi connectivity index (χ1) is 17.5. The lowest BCUT2D eigenvalue weighted by atomic mass is 9.84. The summed E-state index contributed by atoms with van der Waals surface area (Å²) >= 11 is 0. The second kappa shape index (κ2) is 10.2. The molecule has 194 valence electrons. The van der Waals surface area contributed by atoms with E-state index in [9.17, 15) is 14.7 Å². The van der Waals surface area contributed by atoms with E-state index < -0.39 is 11.4 Å². The zero-order chi connectivity index (χ0) is 26.9. The molecule has 1 amide bonds. The molecule has 7 heteroatoms. The summed E-state index contributed by atoms with van der Waals surface area (Å²) in [6.07, 6.45) is -0.117. The fraction of sp³-hybridized carbons (Fsp3) is 0.333. The Kier molecular flexibility index (Phi) is 7.16. The third-order valence-corrected chi connectivity index (χ3v) is 6.81. The monoisotopic (exact) mass is 502 g/mol. The van der Waals surface area contributed by atoms with E-state index in [-0.39, 0.29) is 12.0 Å². The fourth-order valence-electron chi connectivity index (χ4n) is 4.67. The predicted molar refractivity (Wildman–Crippen MR) is 145 cm³/mol. The standard InChI is InChI=1S/C30H34N2O5/c1-18-11-21(30(4,5)29(34)35)15-22(12-18)31-28(33)27-19(2)13-23(14-20(27)3)36-17-24-16-32(6)25-9-7-8-10-26(25)37-24/h7-15,24H,16-17H2,1-6H3,(H,31,33)(H,34,35)/t24-/m0/s1. The molecule has 1 aliphatic heterocycles. The molecule has 2 N–H and O–H groups in total. The SMILES string of the molecule is Cc1cc(NC(=O)c2c(C)cc(OC[C@@H]3CN(C)c4ccccc4O3)cc2C)cc(C(C)(C)C(=O)O)c1. The molecule has 0 fully saturated rings. The molecule has 0 saturated carbocycles. The molecule has 3 aromatic carbocycles. The van der Waals surface area contributed by atoms with Crippen molar-refractivity contribution in [2.24, 2.45) is 0 Å². The van der Waals surface area contributed by atoms with Gasteiger partial charge in [0.15, 0.2) is 0 Å². The maximum atomic E-state index is 13.2. The van der Waals surface area contributed by atoms with Crippen LogP contribution in [-0.2, 0) is 10.2 Å². The molecule has 0 unspecified atom stereocenters. The number of nitrogens with zero attached hydrogens (tertiary/aromatic N) is 1. The molecule has 0 radical (unpaired) electrons. The van der Waals surface area contributed by atoms with Gasteiger partial charge in [0, 0.05) is 18.3 Å². The number of hydrogen-bond acceptors (Lipinski definition) is 5. The molecule has 7 nitrogen and oxygen atoms in total. The van der Waals surface area contributed by atoms with Crippen molar-refractivity contribution in [3.8, 4) is 11.5 Å². The molecule has 1 aliphatic rings. The van der Waals surface area contributed by atoms with Gasteiger partial charge in [0.1, 0.15) is 24.2 Å². The summed E-state index contributed by atoms with van der Waals surface area (Å²) in [6, 6.07) is 17.0. The zero-order valence-electron chi connectivity index (χ0n) is 22.2. The number of para-hydroxylation sites is 2. The summed E-state index contributed by atoms with van der Waals surface area (Å²) in [5, 5.41) is 12.6. The molecule has 0 saturated heterocycles. The van der Waals surface area contributed by atoms with E-state index in [1.54, 1.807) is 19.9 Å². The maximum absolute atomic E-state index is 13.2. The number of amides is 1. The average Bonchev–Trinajstić information content (AvgIpc) is 2.82. The van der Waals surface area contributed by atoms with E-state index >= 15 is 0 Å². The van der Waals surface area contributed by atoms with Crippen molar-refractivity contribution in [2.75, 3.05) is 30.4 Å². The molecule has 0 aliphatic carbocycles. The highest BCUT2D eigenvalue weighted by Gasteiger charge is 2.30. The van der Waals surface area contributed by atoms with Crippen molar-refractivity contribution in [3.05, 3.63) is 82.4 Å². The van der Waals surface area contributed by atoms with Crippen LogP contribution in [0.1, 0.15) is 46.5 Å². The minimum atomic E-state index is -1.07. The smallest absolute Gasteiger partial charge is 0.313 e. The first-order valence-electron chi connectivity index (χ1n) is 12.3. The topological polar surface area (TPSA) is 88.1 Å². The molecule has 1 heterocycles. The second-order valence-corrected chi connectivity index (χ2v) is 10.3. The highest BCUT2D eigenvalue weighted by atomic mass is 16.5. The van der Waals surface area contributed by atoms with Crippen LogP contribution in [0.2, 0.25) is 0 Å². The number of nitrogens with one attached hydrogen (secondary N) is 1. The highest BCUT2D eigenvalue weighted by Crippen LogP contribution is 2.32. The Bertz CT molecular complexity index is 1320. The number of carbonyl (C=O) groups is 2. The van der Waals surface area contributed by atoms with Gasteiger partial charge in [0.2, 0.25) is 0 Å². The van der Waals surface area contributed by atoms with Gasteiger partial charge in [-0.3, -0.25) is 9.59 Å². The molecule has 0 aromatic heterocycles. The number of fused-ring (bicyclic) bond motifs is 1. The van der Waals surface area contributed by atoms with Gasteiger partial charge in [-0.15, -0.1) is 0 Å². The van der Waals surface area contributed by atoms with Crippen LogP contribution in [-0.4, -0.2) is 43.3 Å². The number of benzene rings is 3. The normalized spacial score (nSPS) is 15.0. The maximum Gasteiger partial charge on any atom is 0.313 e. The summed E-state index contributed by atoms with van der Waals surface area (Å²) in [7, 11) is 2.04. The van der Waals surface area contributed by atoms with Crippen LogP contribution >= 0.6 is 0 Å². The number of aliphatic carboxylic acids is 1. The Morgan fingerprint density at radius 1 is 1.08 bits per heavy atom. The number of carboxylic acid groups (broad SMARTS) is 1. The zero-order valence-corrected chi connectivity index (χ0v) is 22.2. The minimum Gasteiger partial charge on any atom is -0.490 e. The molecule has 0 bridgehead atoms. The first-order valence-corrected chi connectivity index (χ1v) is 12.3. The first kappa shape index (κ1) is 26.1. The van der Waals surface area contributed by atoms with Crippen LogP contribution in [0.15, 0.2) is 54.6 Å². The molecule has 4 rings (SSSR count). The summed E-state index contributed by atoms with van der Waals surface area (Å²) in [5.41, 5.74) is 4.20. The van der Waals surface area contributed by atoms with E-state index in [1.807, 2.05) is 76.3 Å². The van der Waals surface area contributed by atoms with E-state index in [1.165, 1.54) is 0 Å². The quantitative estimate of drug-likeness (QED) is 0.443. The molecular formula is C30H34N2O5. The molecule has 37 heavy (non-hydrogen) atoms. The second-order valence-electron chi connectivity index (χ2n) is 10.3. The minimum absolute atomic E-state index is 0.117. The molecule has 0 spiro atoms. The summed E-state index contributed by atoms with van der Waals surface area (Å²) in [6.45, 7) is 10.0. The van der Waals surface area contributed by atoms with Crippen LogP contribution in [0.5, 0.6) is 11.5 Å². The van der Waals surface area contributed by atoms with Gasteiger partial charge in [0.05, 0.1) is 17.6 Å². The largest absolute Gasteiger partial charge is 0.490 e. The average molecular weight is 503 g/mol. The fourth-order valence-corrected chi connectivity index (χ4v) is 4.67. The van der Waals surface area contributed by atoms with Crippen LogP contribution in [0.25, 0.3) is 0 Å². The van der Waals surface area contributed by atoms with Crippen LogP contribution < -0.4 is 19.7 Å². The number of anilines is 2. The summed E-state index contributed by atoms with van der Waals surface area (Å²) in [5.74, 6) is 0.347. The number of ether oxygens (including phenoxy) is 2. The number of carbonyl (C=O) groups excluding carboxylic acids is 1. The van der Waals surface area contributed by atoms with Gasteiger partial charge in [-0.05, 0) is 93.3 Å². The van der Waals surface area contributed by atoms with Gasteiger partial charge in [-0.25, -0.2) is 0 Å². The van der Waals surface area contributed by atoms with Gasteiger partial charge in [0.25, 0.3) is 5.91 Å². The van der Waals surface area contributed by atoms with Crippen molar-refractivity contribution >= 4 is 23.3 Å². The van der Waals surface area contributed by atoms with E-state index in [0.717, 1.165) is 28.1 Å². The van der Waals surface area contributed by atoms with Crippen molar-refractivity contribution in [2.45, 2.75) is 46.1 Å². The number of hydrogen-bond donors (Lipinski definition) is 2. The Hall–Kier alpha value is -4.00. The Labute approximate surface area is 218 Å². The number of aryl methyl sites for hydroxylation is 3. The molecule has 3 aromatic rings. The van der Waals surface area contributed by atoms with E-state index in [4.69, 9.17) is 9.47 Å². The van der Waals surface area contributed by atoms with Gasteiger partial charge < -0.3 is 24.8 Å². The molecule has 1 atom stereocenters. The Balaban J connectivity index is 1.47. The van der Waals surface area contributed by atoms with Crippen molar-refractivity contribution in [3.63, 3.8) is 0 Å². The van der Waals surface area contributed by atoms with Crippen molar-refractivity contribution in [1.82, 2.24) is 0 Å². The van der Waals surface area contributed by atoms with E-state index in [0.29, 0.717) is 35.7 Å². The third kappa shape index (κ3) is 5.56. The van der Waals surface area contributed by atoms with Crippen molar-refractivity contribution < 1.29 is 24.2 Å². The Morgan fingerprint density at radius 3 is 2.43 bits per heavy atom. The van der Waals surface area contributed by atoms with Crippen LogP contribution in [0.3, 0.4) is 0 Å². The highest BCUT2D eigenvalue weighted by molar-refractivity contribution is 6.06.